The maximum absolute atomic E-state index is 5.43. The molecule has 19 heavy (non-hydrogen) atoms. The van der Waals surface area contributed by atoms with E-state index in [2.05, 4.69) is 34.0 Å². The van der Waals surface area contributed by atoms with Crippen molar-refractivity contribution in [3.63, 3.8) is 0 Å². The Labute approximate surface area is 115 Å². The molecular weight excluding hydrogens is 240 g/mol. The second-order valence-corrected chi connectivity index (χ2v) is 5.29. The zero-order valence-electron chi connectivity index (χ0n) is 12.3. The lowest BCUT2D eigenvalue weighted by Gasteiger charge is -2.34. The van der Waals surface area contributed by atoms with Gasteiger partial charge in [0.15, 0.2) is 0 Å². The number of hydrogen-bond acceptors (Lipinski definition) is 5. The minimum atomic E-state index is 0.393. The molecule has 1 fully saturated rings. The average molecular weight is 264 g/mol. The van der Waals surface area contributed by atoms with Gasteiger partial charge in [-0.1, -0.05) is 13.8 Å². The van der Waals surface area contributed by atoms with Crippen LogP contribution in [-0.2, 0) is 4.74 Å². The van der Waals surface area contributed by atoms with E-state index in [1.165, 1.54) is 5.56 Å². The van der Waals surface area contributed by atoms with Crippen LogP contribution in [0.1, 0.15) is 38.2 Å². The summed E-state index contributed by atoms with van der Waals surface area (Å²) in [6, 6.07) is 0. The predicted octanol–water partition coefficient (Wildman–Crippen LogP) is 2.26. The Balaban J connectivity index is 2.25. The van der Waals surface area contributed by atoms with Crippen LogP contribution in [0.5, 0.6) is 0 Å². The quantitative estimate of drug-likeness (QED) is 0.904. The van der Waals surface area contributed by atoms with Gasteiger partial charge in [0, 0.05) is 32.8 Å². The largest absolute Gasteiger partial charge is 0.381 e. The number of nitrogens with one attached hydrogen (secondary N) is 1. The van der Waals surface area contributed by atoms with Crippen molar-refractivity contribution in [3.05, 3.63) is 11.9 Å². The zero-order chi connectivity index (χ0) is 13.8. The molecule has 0 atom stereocenters. The van der Waals surface area contributed by atoms with Crippen LogP contribution in [0.3, 0.4) is 0 Å². The fourth-order valence-electron chi connectivity index (χ4n) is 2.67. The summed E-state index contributed by atoms with van der Waals surface area (Å²) in [6.07, 6.45) is 4.17. The van der Waals surface area contributed by atoms with E-state index in [-0.39, 0.29) is 0 Å². The lowest BCUT2D eigenvalue weighted by atomic mass is 10.0. The Morgan fingerprint density at radius 3 is 2.53 bits per heavy atom. The van der Waals surface area contributed by atoms with Gasteiger partial charge in [-0.05, 0) is 18.8 Å². The molecule has 1 aliphatic rings. The molecule has 106 valence electrons. The third-order valence-electron chi connectivity index (χ3n) is 3.75. The van der Waals surface area contributed by atoms with Crippen molar-refractivity contribution >= 4 is 11.6 Å². The molecule has 1 saturated heterocycles. The van der Waals surface area contributed by atoms with Gasteiger partial charge >= 0.3 is 0 Å². The fourth-order valence-corrected chi connectivity index (χ4v) is 2.67. The summed E-state index contributed by atoms with van der Waals surface area (Å²) in [5.74, 6) is 2.41. The second kappa shape index (κ2) is 6.19. The normalized spacial score (nSPS) is 17.0. The highest BCUT2D eigenvalue weighted by Crippen LogP contribution is 2.32. The Hall–Kier alpha value is -1.36. The molecule has 0 saturated carbocycles. The van der Waals surface area contributed by atoms with Crippen molar-refractivity contribution in [1.82, 2.24) is 9.97 Å². The number of anilines is 2. The van der Waals surface area contributed by atoms with Gasteiger partial charge in [0.1, 0.15) is 18.0 Å². The van der Waals surface area contributed by atoms with Gasteiger partial charge in [0.25, 0.3) is 0 Å². The summed E-state index contributed by atoms with van der Waals surface area (Å²) in [7, 11) is 3.71. The van der Waals surface area contributed by atoms with E-state index in [1.54, 1.807) is 13.4 Å². The van der Waals surface area contributed by atoms with Crippen LogP contribution < -0.4 is 10.2 Å². The molecule has 1 aliphatic heterocycles. The Kier molecular flexibility index (Phi) is 4.58. The first kappa shape index (κ1) is 14.1. The lowest BCUT2D eigenvalue weighted by molar-refractivity contribution is 0.0817. The van der Waals surface area contributed by atoms with Crippen molar-refractivity contribution in [1.29, 1.82) is 0 Å². The smallest absolute Gasteiger partial charge is 0.137 e. The van der Waals surface area contributed by atoms with Crippen molar-refractivity contribution in [2.45, 2.75) is 38.7 Å². The number of ether oxygens (including phenoxy) is 1. The summed E-state index contributed by atoms with van der Waals surface area (Å²) in [5.41, 5.74) is 1.21. The molecule has 0 radical (unpaired) electrons. The van der Waals surface area contributed by atoms with Crippen LogP contribution in [0.2, 0.25) is 0 Å². The van der Waals surface area contributed by atoms with Gasteiger partial charge in [0.05, 0.1) is 6.10 Å². The molecule has 0 unspecified atom stereocenters. The zero-order valence-corrected chi connectivity index (χ0v) is 12.3. The highest BCUT2D eigenvalue weighted by atomic mass is 16.5. The molecule has 0 spiro atoms. The topological polar surface area (TPSA) is 50.3 Å². The van der Waals surface area contributed by atoms with E-state index in [4.69, 9.17) is 4.74 Å². The molecule has 0 bridgehead atoms. The second-order valence-electron chi connectivity index (χ2n) is 5.29. The average Bonchev–Trinajstić information content (AvgIpc) is 2.46. The van der Waals surface area contributed by atoms with Crippen molar-refractivity contribution in [2.75, 3.05) is 37.5 Å². The molecule has 1 N–H and O–H groups in total. The van der Waals surface area contributed by atoms with E-state index >= 15 is 0 Å². The van der Waals surface area contributed by atoms with Crippen molar-refractivity contribution in [3.8, 4) is 0 Å². The van der Waals surface area contributed by atoms with Crippen LogP contribution in [-0.4, -0.2) is 43.3 Å². The van der Waals surface area contributed by atoms with E-state index in [0.717, 1.165) is 37.6 Å². The lowest BCUT2D eigenvalue weighted by Crippen LogP contribution is -2.37. The first-order valence-electron chi connectivity index (χ1n) is 6.97. The Morgan fingerprint density at radius 2 is 2.00 bits per heavy atom. The minimum Gasteiger partial charge on any atom is -0.381 e. The number of methoxy groups -OCH3 is 1. The molecule has 2 rings (SSSR count). The number of rotatable bonds is 4. The molecule has 0 aliphatic carbocycles. The molecule has 0 amide bonds. The first-order valence-corrected chi connectivity index (χ1v) is 6.97. The summed E-state index contributed by atoms with van der Waals surface area (Å²) in [5, 5.41) is 3.17. The van der Waals surface area contributed by atoms with Gasteiger partial charge in [-0.2, -0.15) is 0 Å². The Bertz CT molecular complexity index is 414. The number of hydrogen-bond donors (Lipinski definition) is 1. The fraction of sp³-hybridized carbons (Fsp3) is 0.714. The molecule has 5 heteroatoms. The van der Waals surface area contributed by atoms with Crippen LogP contribution in [0.15, 0.2) is 6.33 Å². The SMILES string of the molecule is CNc1ncnc(N2CCC(OC)CC2)c1C(C)C. The first-order chi connectivity index (χ1) is 9.17. The molecule has 0 aromatic carbocycles. The van der Waals surface area contributed by atoms with Crippen molar-refractivity contribution < 1.29 is 4.74 Å². The van der Waals surface area contributed by atoms with E-state index < -0.39 is 0 Å². The third-order valence-corrected chi connectivity index (χ3v) is 3.75. The maximum atomic E-state index is 5.43. The van der Waals surface area contributed by atoms with Crippen LogP contribution in [0.25, 0.3) is 0 Å². The standard InChI is InChI=1S/C14H24N4O/c1-10(2)12-13(15-3)16-9-17-14(12)18-7-5-11(19-4)6-8-18/h9-11H,5-8H2,1-4H3,(H,15,16,17). The summed E-state index contributed by atoms with van der Waals surface area (Å²) < 4.78 is 5.43. The molecular formula is C14H24N4O. The molecule has 2 heterocycles. The van der Waals surface area contributed by atoms with Crippen LogP contribution in [0.4, 0.5) is 11.6 Å². The number of aromatic nitrogens is 2. The van der Waals surface area contributed by atoms with E-state index in [1.807, 2.05) is 7.05 Å². The van der Waals surface area contributed by atoms with Gasteiger partial charge in [-0.15, -0.1) is 0 Å². The van der Waals surface area contributed by atoms with Crippen LogP contribution >= 0.6 is 0 Å². The summed E-state index contributed by atoms with van der Waals surface area (Å²) in [4.78, 5) is 11.2. The minimum absolute atomic E-state index is 0.393. The number of piperidine rings is 1. The molecule has 5 nitrogen and oxygen atoms in total. The number of nitrogens with zero attached hydrogens (tertiary/aromatic N) is 3. The molecule has 1 aromatic heterocycles. The van der Waals surface area contributed by atoms with Gasteiger partial charge in [0.2, 0.25) is 0 Å². The highest BCUT2D eigenvalue weighted by Gasteiger charge is 2.24. The van der Waals surface area contributed by atoms with Crippen molar-refractivity contribution in [2.24, 2.45) is 0 Å². The predicted molar refractivity (Wildman–Crippen MR) is 77.9 cm³/mol. The van der Waals surface area contributed by atoms with Gasteiger partial charge < -0.3 is 15.0 Å². The maximum Gasteiger partial charge on any atom is 0.137 e. The third kappa shape index (κ3) is 2.97. The summed E-state index contributed by atoms with van der Waals surface area (Å²) >= 11 is 0. The summed E-state index contributed by atoms with van der Waals surface area (Å²) in [6.45, 7) is 6.37. The molecule has 1 aromatic rings. The van der Waals surface area contributed by atoms with E-state index in [9.17, 15) is 0 Å². The van der Waals surface area contributed by atoms with Gasteiger partial charge in [-0.25, -0.2) is 9.97 Å². The van der Waals surface area contributed by atoms with E-state index in [0.29, 0.717) is 12.0 Å². The van der Waals surface area contributed by atoms with Crippen LogP contribution in [0, 0.1) is 0 Å². The van der Waals surface area contributed by atoms with Gasteiger partial charge in [-0.3, -0.25) is 0 Å². The Morgan fingerprint density at radius 1 is 1.32 bits per heavy atom. The highest BCUT2D eigenvalue weighted by molar-refractivity contribution is 5.60. The monoisotopic (exact) mass is 264 g/mol.